The van der Waals surface area contributed by atoms with Crippen LogP contribution in [0.3, 0.4) is 0 Å². The second-order valence-corrected chi connectivity index (χ2v) is 9.16. The minimum atomic E-state index is -3.80. The number of pyridine rings is 2. The summed E-state index contributed by atoms with van der Waals surface area (Å²) < 4.78 is 33.6. The molecule has 0 bridgehead atoms. The molecule has 9 heteroatoms. The van der Waals surface area contributed by atoms with Gasteiger partial charge in [0, 0.05) is 43.8 Å². The van der Waals surface area contributed by atoms with Crippen molar-refractivity contribution in [1.29, 1.82) is 0 Å². The van der Waals surface area contributed by atoms with E-state index in [0.717, 1.165) is 49.6 Å². The summed E-state index contributed by atoms with van der Waals surface area (Å²) in [5.74, 6) is 0.761. The highest BCUT2D eigenvalue weighted by Gasteiger charge is 2.24. The summed E-state index contributed by atoms with van der Waals surface area (Å²) in [7, 11) is -3.80. The molecule has 5 rings (SSSR count). The third kappa shape index (κ3) is 3.38. The lowest BCUT2D eigenvalue weighted by Crippen LogP contribution is -2.36. The first kappa shape index (κ1) is 19.2. The third-order valence-electron chi connectivity index (χ3n) is 5.55. The highest BCUT2D eigenvalue weighted by atomic mass is 32.2. The van der Waals surface area contributed by atoms with Gasteiger partial charge in [-0.3, -0.25) is 4.98 Å². The Morgan fingerprint density at radius 2 is 1.97 bits per heavy atom. The molecule has 0 aliphatic carbocycles. The van der Waals surface area contributed by atoms with E-state index in [0.29, 0.717) is 24.2 Å². The molecule has 156 valence electrons. The molecule has 0 amide bonds. The zero-order valence-corrected chi connectivity index (χ0v) is 17.3. The zero-order chi connectivity index (χ0) is 20.6. The van der Waals surface area contributed by atoms with Crippen LogP contribution in [0.1, 0.15) is 12.0 Å². The van der Waals surface area contributed by atoms with E-state index in [2.05, 4.69) is 26.3 Å². The summed E-state index contributed by atoms with van der Waals surface area (Å²) >= 11 is 0. The number of nitrogens with zero attached hydrogens (tertiary/aromatic N) is 4. The number of fused-ring (bicyclic) bond motifs is 1. The molecule has 0 atom stereocenters. The monoisotopic (exact) mass is 425 g/mol. The second kappa shape index (κ2) is 7.82. The first-order chi connectivity index (χ1) is 14.6. The molecule has 3 aromatic heterocycles. The molecule has 0 spiro atoms. The predicted molar refractivity (Wildman–Crippen MR) is 115 cm³/mol. The van der Waals surface area contributed by atoms with Gasteiger partial charge in [-0.25, -0.2) is 17.4 Å². The van der Waals surface area contributed by atoms with Gasteiger partial charge in [0.2, 0.25) is 0 Å². The quantitative estimate of drug-likeness (QED) is 0.683. The predicted octanol–water partition coefficient (Wildman–Crippen LogP) is 1.88. The summed E-state index contributed by atoms with van der Waals surface area (Å²) in [5.41, 5.74) is 3.26. The van der Waals surface area contributed by atoms with Crippen LogP contribution in [0.25, 0.3) is 16.6 Å². The van der Waals surface area contributed by atoms with Crippen molar-refractivity contribution in [3.8, 4) is 0 Å². The maximum Gasteiger partial charge on any atom is 0.269 e. The van der Waals surface area contributed by atoms with Crippen molar-refractivity contribution in [2.75, 3.05) is 44.3 Å². The van der Waals surface area contributed by atoms with Crippen LogP contribution in [0.15, 0.2) is 53.8 Å². The van der Waals surface area contributed by atoms with Crippen molar-refractivity contribution in [1.82, 2.24) is 19.3 Å². The Kier molecular flexibility index (Phi) is 5.01. The first-order valence-electron chi connectivity index (χ1n) is 10.0. The van der Waals surface area contributed by atoms with E-state index >= 15 is 0 Å². The zero-order valence-electron chi connectivity index (χ0n) is 16.5. The molecule has 5 heterocycles. The van der Waals surface area contributed by atoms with E-state index in [4.69, 9.17) is 4.74 Å². The van der Waals surface area contributed by atoms with Crippen LogP contribution in [-0.4, -0.2) is 61.8 Å². The minimum absolute atomic E-state index is 0.158. The number of aromatic nitrogens is 3. The molecule has 0 saturated carbocycles. The van der Waals surface area contributed by atoms with Crippen LogP contribution < -0.4 is 10.2 Å². The lowest BCUT2D eigenvalue weighted by atomic mass is 10.0. The van der Waals surface area contributed by atoms with E-state index in [-0.39, 0.29) is 4.90 Å². The SMILES string of the molecule is O=S(=O)(c1ccc(N2CCOCC2)nc1)n1cc(C2=CCNCC2)c2ncccc21. The molecule has 3 aromatic rings. The van der Waals surface area contributed by atoms with Gasteiger partial charge in [-0.05, 0) is 42.8 Å². The Balaban J connectivity index is 1.55. The maximum absolute atomic E-state index is 13.5. The van der Waals surface area contributed by atoms with Crippen molar-refractivity contribution < 1.29 is 13.2 Å². The number of hydrogen-bond donors (Lipinski definition) is 1. The normalized spacial score (nSPS) is 17.9. The van der Waals surface area contributed by atoms with Crippen molar-refractivity contribution in [2.45, 2.75) is 11.3 Å². The standard InChI is InChI=1S/C21H23N5O3S/c27-30(28,17-3-4-20(24-14-17)25-10-12-29-13-11-25)26-15-18(16-5-8-22-9-6-16)21-19(26)2-1-7-23-21/h1-5,7,14-15,22H,6,8-13H2. The number of ether oxygens (including phenoxy) is 1. The number of morpholine rings is 1. The molecule has 2 aliphatic heterocycles. The van der Waals surface area contributed by atoms with Crippen LogP contribution in [0, 0.1) is 0 Å². The minimum Gasteiger partial charge on any atom is -0.378 e. The van der Waals surface area contributed by atoms with Crippen molar-refractivity contribution in [3.05, 3.63) is 54.5 Å². The van der Waals surface area contributed by atoms with E-state index < -0.39 is 10.0 Å². The molecule has 1 saturated heterocycles. The topological polar surface area (TPSA) is 89.4 Å². The summed E-state index contributed by atoms with van der Waals surface area (Å²) in [6, 6.07) is 6.94. The maximum atomic E-state index is 13.5. The Hall–Kier alpha value is -2.75. The summed E-state index contributed by atoms with van der Waals surface area (Å²) in [6.45, 7) is 4.44. The average molecular weight is 426 g/mol. The number of nitrogens with one attached hydrogen (secondary N) is 1. The number of anilines is 1. The molecule has 1 N–H and O–H groups in total. The molecule has 0 unspecified atom stereocenters. The van der Waals surface area contributed by atoms with Gasteiger partial charge in [-0.15, -0.1) is 0 Å². The van der Waals surface area contributed by atoms with Crippen LogP contribution in [0.4, 0.5) is 5.82 Å². The Morgan fingerprint density at radius 1 is 1.10 bits per heavy atom. The van der Waals surface area contributed by atoms with Crippen molar-refractivity contribution in [2.24, 2.45) is 0 Å². The van der Waals surface area contributed by atoms with E-state index in [1.54, 1.807) is 36.7 Å². The highest BCUT2D eigenvalue weighted by Crippen LogP contribution is 2.31. The van der Waals surface area contributed by atoms with Gasteiger partial charge >= 0.3 is 0 Å². The number of hydrogen-bond acceptors (Lipinski definition) is 7. The van der Waals surface area contributed by atoms with Gasteiger partial charge in [-0.2, -0.15) is 0 Å². The molecular weight excluding hydrogens is 402 g/mol. The van der Waals surface area contributed by atoms with Crippen molar-refractivity contribution >= 4 is 32.4 Å². The fourth-order valence-corrected chi connectivity index (χ4v) is 5.25. The Morgan fingerprint density at radius 3 is 2.70 bits per heavy atom. The third-order valence-corrected chi connectivity index (χ3v) is 7.21. The van der Waals surface area contributed by atoms with E-state index in [1.165, 1.54) is 10.2 Å². The smallest absolute Gasteiger partial charge is 0.269 e. The van der Waals surface area contributed by atoms with Gasteiger partial charge in [0.05, 0.1) is 24.2 Å². The van der Waals surface area contributed by atoms with Gasteiger partial charge in [0.25, 0.3) is 10.0 Å². The average Bonchev–Trinajstić information content (AvgIpc) is 3.21. The van der Waals surface area contributed by atoms with Crippen LogP contribution >= 0.6 is 0 Å². The van der Waals surface area contributed by atoms with Crippen LogP contribution in [0.2, 0.25) is 0 Å². The molecule has 30 heavy (non-hydrogen) atoms. The molecule has 2 aliphatic rings. The Bertz CT molecular complexity index is 1200. The molecule has 8 nitrogen and oxygen atoms in total. The molecule has 0 radical (unpaired) electrons. The number of rotatable bonds is 4. The van der Waals surface area contributed by atoms with Gasteiger partial charge in [0.15, 0.2) is 0 Å². The fraction of sp³-hybridized carbons (Fsp3) is 0.333. The van der Waals surface area contributed by atoms with Crippen molar-refractivity contribution in [3.63, 3.8) is 0 Å². The molecular formula is C21H23N5O3S. The van der Waals surface area contributed by atoms with Gasteiger partial charge in [0.1, 0.15) is 10.7 Å². The van der Waals surface area contributed by atoms with E-state index in [9.17, 15) is 8.42 Å². The molecule has 1 fully saturated rings. The largest absolute Gasteiger partial charge is 0.378 e. The summed E-state index contributed by atoms with van der Waals surface area (Å²) in [4.78, 5) is 11.1. The Labute approximate surface area is 175 Å². The lowest BCUT2D eigenvalue weighted by Gasteiger charge is -2.27. The van der Waals surface area contributed by atoms with Crippen LogP contribution in [-0.2, 0) is 14.8 Å². The van der Waals surface area contributed by atoms with Gasteiger partial charge in [-0.1, -0.05) is 6.08 Å². The van der Waals surface area contributed by atoms with Crippen LogP contribution in [0.5, 0.6) is 0 Å². The lowest BCUT2D eigenvalue weighted by molar-refractivity contribution is 0.122. The van der Waals surface area contributed by atoms with E-state index in [1.807, 2.05) is 0 Å². The summed E-state index contributed by atoms with van der Waals surface area (Å²) in [6.07, 6.45) is 7.77. The first-order valence-corrected chi connectivity index (χ1v) is 11.5. The highest BCUT2D eigenvalue weighted by molar-refractivity contribution is 7.90. The van der Waals surface area contributed by atoms with Gasteiger partial charge < -0.3 is 15.0 Å². The summed E-state index contributed by atoms with van der Waals surface area (Å²) in [5, 5.41) is 3.29. The fourth-order valence-electron chi connectivity index (χ4n) is 3.95. The second-order valence-electron chi connectivity index (χ2n) is 7.35. The molecule has 0 aromatic carbocycles.